The Hall–Kier alpha value is -1.75. The molecule has 1 unspecified atom stereocenters. The molecule has 5 nitrogen and oxygen atoms in total. The normalized spacial score (nSPS) is 18.2. The molecule has 1 saturated heterocycles. The van der Waals surface area contributed by atoms with E-state index in [9.17, 15) is 4.79 Å². The molecular weight excluding hydrogens is 280 g/mol. The number of nitrogens with zero attached hydrogens (tertiary/aromatic N) is 1. The molecule has 1 aromatic carbocycles. The maximum atomic E-state index is 12.0. The van der Waals surface area contributed by atoms with Crippen LogP contribution in [0.4, 0.5) is 0 Å². The Balaban J connectivity index is 1.80. The molecule has 5 heteroatoms. The van der Waals surface area contributed by atoms with Crippen molar-refractivity contribution in [2.75, 3.05) is 34.4 Å². The molecule has 2 rings (SSSR count). The predicted octanol–water partition coefficient (Wildman–Crippen LogP) is 1.85. The number of carbonyl (C=O) groups is 1. The number of benzene rings is 1. The highest BCUT2D eigenvalue weighted by atomic mass is 16.5. The van der Waals surface area contributed by atoms with Gasteiger partial charge in [0.15, 0.2) is 0 Å². The van der Waals surface area contributed by atoms with E-state index < -0.39 is 0 Å². The van der Waals surface area contributed by atoms with Gasteiger partial charge in [-0.15, -0.1) is 0 Å². The van der Waals surface area contributed by atoms with E-state index in [0.29, 0.717) is 18.9 Å². The summed E-state index contributed by atoms with van der Waals surface area (Å²) in [5.74, 6) is 1.60. The topological polar surface area (TPSA) is 50.8 Å². The third-order valence-electron chi connectivity index (χ3n) is 4.26. The summed E-state index contributed by atoms with van der Waals surface area (Å²) in [5, 5.41) is 3.04. The summed E-state index contributed by atoms with van der Waals surface area (Å²) in [7, 11) is 5.37. The summed E-state index contributed by atoms with van der Waals surface area (Å²) in [6, 6.07) is 6.21. The van der Waals surface area contributed by atoms with Gasteiger partial charge in [0, 0.05) is 25.1 Å². The number of aryl methyl sites for hydroxylation is 1. The fourth-order valence-electron chi connectivity index (χ4n) is 2.83. The molecule has 0 spiro atoms. The van der Waals surface area contributed by atoms with Crippen LogP contribution in [0.25, 0.3) is 0 Å². The van der Waals surface area contributed by atoms with E-state index >= 15 is 0 Å². The van der Waals surface area contributed by atoms with Crippen LogP contribution in [0.3, 0.4) is 0 Å². The van der Waals surface area contributed by atoms with Crippen LogP contribution in [0.15, 0.2) is 18.2 Å². The summed E-state index contributed by atoms with van der Waals surface area (Å²) in [6.45, 7) is 1.88. The SMILES string of the molecule is COc1cc(CCC(=O)NCC2CCCN2C)cc(OC)c1. The Morgan fingerprint density at radius 2 is 1.95 bits per heavy atom. The minimum atomic E-state index is 0.0992. The van der Waals surface area contributed by atoms with Gasteiger partial charge < -0.3 is 19.7 Å². The lowest BCUT2D eigenvalue weighted by atomic mass is 10.1. The summed E-state index contributed by atoms with van der Waals surface area (Å²) in [6.07, 6.45) is 3.55. The molecule has 1 N–H and O–H groups in total. The van der Waals surface area contributed by atoms with Crippen molar-refractivity contribution >= 4 is 5.91 Å². The first-order chi connectivity index (χ1) is 10.6. The van der Waals surface area contributed by atoms with Crippen molar-refractivity contribution in [3.8, 4) is 11.5 Å². The van der Waals surface area contributed by atoms with E-state index in [0.717, 1.165) is 30.2 Å². The fraction of sp³-hybridized carbons (Fsp3) is 0.588. The summed E-state index contributed by atoms with van der Waals surface area (Å²) < 4.78 is 10.5. The lowest BCUT2D eigenvalue weighted by Crippen LogP contribution is -2.38. The van der Waals surface area contributed by atoms with Gasteiger partial charge in [-0.1, -0.05) is 0 Å². The zero-order valence-electron chi connectivity index (χ0n) is 13.7. The van der Waals surface area contributed by atoms with Gasteiger partial charge in [-0.25, -0.2) is 0 Å². The molecule has 1 heterocycles. The standard InChI is InChI=1S/C17H26N2O3/c1-19-8-4-5-14(19)12-18-17(20)7-6-13-9-15(21-2)11-16(10-13)22-3/h9-11,14H,4-8,12H2,1-3H3,(H,18,20). The maximum absolute atomic E-state index is 12.0. The molecule has 1 amide bonds. The van der Waals surface area contributed by atoms with E-state index in [2.05, 4.69) is 17.3 Å². The monoisotopic (exact) mass is 306 g/mol. The largest absolute Gasteiger partial charge is 0.497 e. The third kappa shape index (κ3) is 4.63. The Labute approximate surface area is 132 Å². The molecule has 0 saturated carbocycles. The first-order valence-electron chi connectivity index (χ1n) is 7.81. The Morgan fingerprint density at radius 3 is 2.50 bits per heavy atom. The van der Waals surface area contributed by atoms with E-state index in [1.165, 1.54) is 12.8 Å². The minimum absolute atomic E-state index is 0.0992. The number of rotatable bonds is 7. The van der Waals surface area contributed by atoms with Crippen LogP contribution in [-0.4, -0.2) is 51.2 Å². The highest BCUT2D eigenvalue weighted by Crippen LogP contribution is 2.23. The second-order valence-corrected chi connectivity index (χ2v) is 5.80. The van der Waals surface area contributed by atoms with E-state index in [1.807, 2.05) is 18.2 Å². The van der Waals surface area contributed by atoms with E-state index in [-0.39, 0.29) is 5.91 Å². The summed E-state index contributed by atoms with van der Waals surface area (Å²) in [4.78, 5) is 14.3. The lowest BCUT2D eigenvalue weighted by molar-refractivity contribution is -0.121. The zero-order chi connectivity index (χ0) is 15.9. The first kappa shape index (κ1) is 16.6. The summed E-state index contributed by atoms with van der Waals surface area (Å²) >= 11 is 0. The van der Waals surface area contributed by atoms with Gasteiger partial charge in [0.05, 0.1) is 14.2 Å². The van der Waals surface area contributed by atoms with Crippen molar-refractivity contribution < 1.29 is 14.3 Å². The molecule has 22 heavy (non-hydrogen) atoms. The molecule has 1 aliphatic rings. The van der Waals surface area contributed by atoms with Gasteiger partial charge in [0.25, 0.3) is 0 Å². The molecule has 0 aliphatic carbocycles. The second kappa shape index (κ2) is 8.03. The van der Waals surface area contributed by atoms with Crippen LogP contribution in [0.1, 0.15) is 24.8 Å². The van der Waals surface area contributed by atoms with Crippen LogP contribution < -0.4 is 14.8 Å². The third-order valence-corrected chi connectivity index (χ3v) is 4.26. The molecule has 1 aliphatic heterocycles. The number of nitrogens with one attached hydrogen (secondary N) is 1. The maximum Gasteiger partial charge on any atom is 0.220 e. The van der Waals surface area contributed by atoms with Crippen LogP contribution in [0.5, 0.6) is 11.5 Å². The number of methoxy groups -OCH3 is 2. The minimum Gasteiger partial charge on any atom is -0.497 e. The highest BCUT2D eigenvalue weighted by Gasteiger charge is 2.20. The Morgan fingerprint density at radius 1 is 1.27 bits per heavy atom. The lowest BCUT2D eigenvalue weighted by Gasteiger charge is -2.19. The number of amides is 1. The Bertz CT molecular complexity index is 482. The van der Waals surface area contributed by atoms with Crippen LogP contribution in [0, 0.1) is 0 Å². The van der Waals surface area contributed by atoms with Gasteiger partial charge in [-0.05, 0) is 50.6 Å². The number of hydrogen-bond donors (Lipinski definition) is 1. The van der Waals surface area contributed by atoms with Gasteiger partial charge in [0.1, 0.15) is 11.5 Å². The van der Waals surface area contributed by atoms with Crippen molar-refractivity contribution in [2.45, 2.75) is 31.7 Å². The second-order valence-electron chi connectivity index (χ2n) is 5.80. The molecule has 122 valence electrons. The number of hydrogen-bond acceptors (Lipinski definition) is 4. The number of likely N-dealkylation sites (tertiary alicyclic amines) is 1. The summed E-state index contributed by atoms with van der Waals surface area (Å²) in [5.41, 5.74) is 1.05. The van der Waals surface area contributed by atoms with Crippen LogP contribution >= 0.6 is 0 Å². The van der Waals surface area contributed by atoms with Gasteiger partial charge in [0.2, 0.25) is 5.91 Å². The molecule has 1 aromatic rings. The molecular formula is C17H26N2O3. The van der Waals surface area contributed by atoms with Crippen molar-refractivity contribution in [1.29, 1.82) is 0 Å². The first-order valence-corrected chi connectivity index (χ1v) is 7.81. The van der Waals surface area contributed by atoms with Gasteiger partial charge in [-0.2, -0.15) is 0 Å². The Kier molecular flexibility index (Phi) is 6.07. The highest BCUT2D eigenvalue weighted by molar-refractivity contribution is 5.76. The number of likely N-dealkylation sites (N-methyl/N-ethyl adjacent to an activating group) is 1. The molecule has 0 bridgehead atoms. The van der Waals surface area contributed by atoms with Crippen LogP contribution in [0.2, 0.25) is 0 Å². The molecule has 1 fully saturated rings. The van der Waals surface area contributed by atoms with Crippen molar-refractivity contribution in [3.63, 3.8) is 0 Å². The average Bonchev–Trinajstić information content (AvgIpc) is 2.95. The van der Waals surface area contributed by atoms with E-state index in [4.69, 9.17) is 9.47 Å². The van der Waals surface area contributed by atoms with Gasteiger partial charge in [-0.3, -0.25) is 4.79 Å². The van der Waals surface area contributed by atoms with Crippen molar-refractivity contribution in [1.82, 2.24) is 10.2 Å². The quantitative estimate of drug-likeness (QED) is 0.835. The van der Waals surface area contributed by atoms with Gasteiger partial charge >= 0.3 is 0 Å². The predicted molar refractivity (Wildman–Crippen MR) is 86.5 cm³/mol. The molecule has 0 aromatic heterocycles. The fourth-order valence-corrected chi connectivity index (χ4v) is 2.83. The van der Waals surface area contributed by atoms with Crippen molar-refractivity contribution in [3.05, 3.63) is 23.8 Å². The zero-order valence-corrected chi connectivity index (χ0v) is 13.7. The van der Waals surface area contributed by atoms with Crippen molar-refractivity contribution in [2.24, 2.45) is 0 Å². The van der Waals surface area contributed by atoms with E-state index in [1.54, 1.807) is 14.2 Å². The number of ether oxygens (including phenoxy) is 2. The molecule has 0 radical (unpaired) electrons. The average molecular weight is 306 g/mol. The molecule has 1 atom stereocenters. The number of carbonyl (C=O) groups excluding carboxylic acids is 1. The smallest absolute Gasteiger partial charge is 0.220 e. The van der Waals surface area contributed by atoms with Crippen LogP contribution in [-0.2, 0) is 11.2 Å².